The van der Waals surface area contributed by atoms with E-state index < -0.39 is 0 Å². The van der Waals surface area contributed by atoms with Crippen molar-refractivity contribution in [2.24, 2.45) is 0 Å². The zero-order valence-corrected chi connectivity index (χ0v) is 12.5. The Morgan fingerprint density at radius 3 is 3.10 bits per heavy atom. The molecule has 0 amide bonds. The van der Waals surface area contributed by atoms with Crippen LogP contribution in [-0.4, -0.2) is 30.2 Å². The van der Waals surface area contributed by atoms with Crippen LogP contribution < -0.4 is 10.2 Å². The minimum Gasteiger partial charge on any atom is -0.469 e. The molecule has 1 aliphatic rings. The van der Waals surface area contributed by atoms with E-state index in [1.807, 2.05) is 24.4 Å². The fraction of sp³-hybridized carbons (Fsp3) is 0.471. The highest BCUT2D eigenvalue weighted by atomic mass is 16.3. The lowest BCUT2D eigenvalue weighted by molar-refractivity contribution is 0.425. The molecule has 4 nitrogen and oxygen atoms in total. The van der Waals surface area contributed by atoms with E-state index in [-0.39, 0.29) is 0 Å². The molecule has 2 aromatic rings. The number of rotatable bonds is 6. The van der Waals surface area contributed by atoms with E-state index in [4.69, 9.17) is 4.42 Å². The maximum Gasteiger partial charge on any atom is 0.128 e. The third kappa shape index (κ3) is 3.85. The average Bonchev–Trinajstić information content (AvgIpc) is 3.17. The number of pyridine rings is 1. The molecule has 1 N–H and O–H groups in total. The first-order chi connectivity index (χ1) is 10.3. The second-order valence-electron chi connectivity index (χ2n) is 5.81. The topological polar surface area (TPSA) is 41.3 Å². The van der Waals surface area contributed by atoms with Crippen molar-refractivity contribution in [3.63, 3.8) is 0 Å². The molecule has 21 heavy (non-hydrogen) atoms. The summed E-state index contributed by atoms with van der Waals surface area (Å²) in [5.41, 5.74) is 0. The molecular formula is C17H23N3O. The minimum atomic E-state index is 0.504. The number of anilines is 1. The number of furan rings is 1. The maximum atomic E-state index is 5.38. The van der Waals surface area contributed by atoms with E-state index >= 15 is 0 Å². The van der Waals surface area contributed by atoms with Crippen LogP contribution in [-0.2, 0) is 6.42 Å². The van der Waals surface area contributed by atoms with Gasteiger partial charge in [0.05, 0.1) is 6.26 Å². The summed E-state index contributed by atoms with van der Waals surface area (Å²) < 4.78 is 5.38. The molecule has 2 aromatic heterocycles. The summed E-state index contributed by atoms with van der Waals surface area (Å²) in [6.07, 6.45) is 6.89. The van der Waals surface area contributed by atoms with Crippen molar-refractivity contribution in [1.82, 2.24) is 10.3 Å². The second-order valence-corrected chi connectivity index (χ2v) is 5.81. The van der Waals surface area contributed by atoms with E-state index in [1.54, 1.807) is 6.26 Å². The number of nitrogens with one attached hydrogen (secondary N) is 1. The summed E-state index contributed by atoms with van der Waals surface area (Å²) in [5, 5.41) is 3.73. The zero-order chi connectivity index (χ0) is 14.5. The number of hydrogen-bond acceptors (Lipinski definition) is 4. The first-order valence-corrected chi connectivity index (χ1v) is 7.75. The van der Waals surface area contributed by atoms with Crippen LogP contribution in [0.3, 0.4) is 0 Å². The molecule has 0 saturated carbocycles. The third-order valence-electron chi connectivity index (χ3n) is 4.09. The van der Waals surface area contributed by atoms with Gasteiger partial charge >= 0.3 is 0 Å². The SMILES string of the molecule is CC(CCc1ccco1)NC1CCN(c2ccccn2)C1. The van der Waals surface area contributed by atoms with E-state index in [2.05, 4.69) is 34.3 Å². The summed E-state index contributed by atoms with van der Waals surface area (Å²) in [6, 6.07) is 11.2. The van der Waals surface area contributed by atoms with E-state index in [0.29, 0.717) is 12.1 Å². The molecule has 1 fully saturated rings. The summed E-state index contributed by atoms with van der Waals surface area (Å²) in [4.78, 5) is 6.79. The van der Waals surface area contributed by atoms with Crippen LogP contribution in [0.15, 0.2) is 47.2 Å². The highest BCUT2D eigenvalue weighted by Gasteiger charge is 2.24. The van der Waals surface area contributed by atoms with Gasteiger partial charge in [0.1, 0.15) is 11.6 Å². The number of hydrogen-bond donors (Lipinski definition) is 1. The Morgan fingerprint density at radius 2 is 2.33 bits per heavy atom. The Balaban J connectivity index is 1.44. The van der Waals surface area contributed by atoms with Gasteiger partial charge in [0.25, 0.3) is 0 Å². The number of nitrogens with zero attached hydrogens (tertiary/aromatic N) is 2. The minimum absolute atomic E-state index is 0.504. The molecule has 0 aliphatic carbocycles. The average molecular weight is 285 g/mol. The van der Waals surface area contributed by atoms with Gasteiger partial charge in [-0.15, -0.1) is 0 Å². The van der Waals surface area contributed by atoms with Gasteiger partial charge in [0, 0.05) is 37.8 Å². The van der Waals surface area contributed by atoms with Gasteiger partial charge in [-0.05, 0) is 44.0 Å². The van der Waals surface area contributed by atoms with Crippen molar-refractivity contribution in [2.45, 2.75) is 38.3 Å². The van der Waals surface area contributed by atoms with Crippen molar-refractivity contribution in [1.29, 1.82) is 0 Å². The Morgan fingerprint density at radius 1 is 1.38 bits per heavy atom. The lowest BCUT2D eigenvalue weighted by Gasteiger charge is -2.20. The highest BCUT2D eigenvalue weighted by molar-refractivity contribution is 5.39. The van der Waals surface area contributed by atoms with Crippen LogP contribution in [0.4, 0.5) is 5.82 Å². The van der Waals surface area contributed by atoms with Gasteiger partial charge in [0.2, 0.25) is 0 Å². The lowest BCUT2D eigenvalue weighted by Crippen LogP contribution is -2.38. The van der Waals surface area contributed by atoms with Gasteiger partial charge in [0.15, 0.2) is 0 Å². The largest absolute Gasteiger partial charge is 0.469 e. The van der Waals surface area contributed by atoms with Crippen LogP contribution in [0.1, 0.15) is 25.5 Å². The molecule has 0 aromatic carbocycles. The van der Waals surface area contributed by atoms with Crippen molar-refractivity contribution >= 4 is 5.82 Å². The van der Waals surface area contributed by atoms with Crippen LogP contribution in [0.25, 0.3) is 0 Å². The van der Waals surface area contributed by atoms with Gasteiger partial charge in [-0.3, -0.25) is 0 Å². The molecule has 112 valence electrons. The van der Waals surface area contributed by atoms with Gasteiger partial charge in [-0.2, -0.15) is 0 Å². The lowest BCUT2D eigenvalue weighted by atomic mass is 10.1. The molecule has 1 saturated heterocycles. The first-order valence-electron chi connectivity index (χ1n) is 7.75. The molecule has 0 radical (unpaired) electrons. The molecule has 2 unspecified atom stereocenters. The molecule has 0 spiro atoms. The predicted octanol–water partition coefficient (Wildman–Crippen LogP) is 2.86. The smallest absolute Gasteiger partial charge is 0.128 e. The predicted molar refractivity (Wildman–Crippen MR) is 84.5 cm³/mol. The normalized spacial score (nSPS) is 19.9. The number of aryl methyl sites for hydroxylation is 1. The van der Waals surface area contributed by atoms with Crippen molar-refractivity contribution in [3.05, 3.63) is 48.6 Å². The first kappa shape index (κ1) is 14.1. The summed E-state index contributed by atoms with van der Waals surface area (Å²) >= 11 is 0. The van der Waals surface area contributed by atoms with E-state index in [9.17, 15) is 0 Å². The third-order valence-corrected chi connectivity index (χ3v) is 4.09. The Hall–Kier alpha value is -1.81. The summed E-state index contributed by atoms with van der Waals surface area (Å²) in [5.74, 6) is 2.16. The Bertz CT molecular complexity index is 526. The Kier molecular flexibility index (Phi) is 4.55. The standard InChI is InChI=1S/C17H23N3O/c1-14(7-8-16-5-4-12-21-16)19-15-9-11-20(13-15)17-6-2-3-10-18-17/h2-6,10,12,14-15,19H,7-9,11,13H2,1H3. The molecular weight excluding hydrogens is 262 g/mol. The van der Waals surface area contributed by atoms with Gasteiger partial charge in [-0.25, -0.2) is 4.98 Å². The van der Waals surface area contributed by atoms with E-state index in [1.165, 1.54) is 6.42 Å². The maximum absolute atomic E-state index is 5.38. The van der Waals surface area contributed by atoms with Crippen LogP contribution >= 0.6 is 0 Å². The van der Waals surface area contributed by atoms with Crippen LogP contribution in [0.2, 0.25) is 0 Å². The van der Waals surface area contributed by atoms with Crippen molar-refractivity contribution in [2.75, 3.05) is 18.0 Å². The highest BCUT2D eigenvalue weighted by Crippen LogP contribution is 2.18. The zero-order valence-electron chi connectivity index (χ0n) is 12.5. The summed E-state index contributed by atoms with van der Waals surface area (Å²) in [7, 11) is 0. The monoisotopic (exact) mass is 285 g/mol. The number of aromatic nitrogens is 1. The fourth-order valence-corrected chi connectivity index (χ4v) is 2.94. The van der Waals surface area contributed by atoms with Crippen LogP contribution in [0, 0.1) is 0 Å². The molecule has 3 heterocycles. The van der Waals surface area contributed by atoms with Gasteiger partial charge < -0.3 is 14.6 Å². The molecule has 3 rings (SSSR count). The summed E-state index contributed by atoms with van der Waals surface area (Å²) in [6.45, 7) is 4.38. The Labute approximate surface area is 126 Å². The molecule has 0 bridgehead atoms. The van der Waals surface area contributed by atoms with Crippen LogP contribution in [0.5, 0.6) is 0 Å². The quantitative estimate of drug-likeness (QED) is 0.886. The van der Waals surface area contributed by atoms with Crippen molar-refractivity contribution in [3.8, 4) is 0 Å². The fourth-order valence-electron chi connectivity index (χ4n) is 2.94. The van der Waals surface area contributed by atoms with Gasteiger partial charge in [-0.1, -0.05) is 6.07 Å². The second kappa shape index (κ2) is 6.76. The molecule has 4 heteroatoms. The van der Waals surface area contributed by atoms with E-state index in [0.717, 1.165) is 37.5 Å². The van der Waals surface area contributed by atoms with Crippen molar-refractivity contribution < 1.29 is 4.42 Å². The molecule has 2 atom stereocenters. The molecule has 1 aliphatic heterocycles.